The number of hydrogen-bond donors (Lipinski definition) is 1. The van der Waals surface area contributed by atoms with Gasteiger partial charge in [-0.25, -0.2) is 0 Å². The summed E-state index contributed by atoms with van der Waals surface area (Å²) in [5, 5.41) is 3.91. The number of nitrogens with one attached hydrogen (secondary N) is 1. The maximum atomic E-state index is 12.9. The maximum absolute atomic E-state index is 12.9. The Morgan fingerprint density at radius 2 is 1.76 bits per heavy atom. The molecule has 5 nitrogen and oxygen atoms in total. The number of anilines is 1. The number of para-hydroxylation sites is 1. The molecular weight excluding hydrogens is 458 g/mol. The Balaban J connectivity index is 1.96. The first-order valence-corrected chi connectivity index (χ1v) is 12.6. The van der Waals surface area contributed by atoms with Gasteiger partial charge in [-0.05, 0) is 73.4 Å². The van der Waals surface area contributed by atoms with Gasteiger partial charge in [0, 0.05) is 22.8 Å². The lowest BCUT2D eigenvalue weighted by atomic mass is 10.0. The Kier molecular flexibility index (Phi) is 8.42. The van der Waals surface area contributed by atoms with Crippen molar-refractivity contribution in [2.24, 2.45) is 0 Å². The van der Waals surface area contributed by atoms with E-state index in [-0.39, 0.29) is 10.6 Å². The molecule has 1 N–H and O–H groups in total. The molecule has 33 heavy (non-hydrogen) atoms. The van der Waals surface area contributed by atoms with Crippen LogP contribution in [0.25, 0.3) is 0 Å². The second kappa shape index (κ2) is 11.3. The van der Waals surface area contributed by atoms with Gasteiger partial charge in [-0.1, -0.05) is 42.8 Å². The van der Waals surface area contributed by atoms with Gasteiger partial charge in [0.1, 0.15) is 4.90 Å². The first-order chi connectivity index (χ1) is 15.9. The predicted octanol–water partition coefficient (Wildman–Crippen LogP) is 6.41. The van der Waals surface area contributed by atoms with Crippen molar-refractivity contribution in [1.82, 2.24) is 0 Å². The van der Waals surface area contributed by atoms with Crippen molar-refractivity contribution in [3.05, 3.63) is 95.0 Å². The van der Waals surface area contributed by atoms with E-state index in [1.54, 1.807) is 6.08 Å². The number of allylic oxidation sites excluding steroid dienone is 1. The van der Waals surface area contributed by atoms with Crippen LogP contribution in [-0.2, 0) is 29.5 Å². The van der Waals surface area contributed by atoms with Crippen molar-refractivity contribution in [2.75, 3.05) is 11.9 Å². The molecule has 3 rings (SSSR count). The van der Waals surface area contributed by atoms with Gasteiger partial charge in [-0.2, -0.15) is 8.42 Å². The third-order valence-corrected chi connectivity index (χ3v) is 6.52. The molecule has 0 aliphatic heterocycles. The fourth-order valence-electron chi connectivity index (χ4n) is 3.45. The molecule has 0 atom stereocenters. The second-order valence-electron chi connectivity index (χ2n) is 7.36. The molecule has 0 radical (unpaired) electrons. The zero-order valence-corrected chi connectivity index (χ0v) is 20.4. The largest absolute Gasteiger partial charge is 0.490 e. The summed E-state index contributed by atoms with van der Waals surface area (Å²) in [6.45, 7) is 8.67. The van der Waals surface area contributed by atoms with Crippen LogP contribution in [0.4, 0.5) is 5.69 Å². The molecule has 0 bridgehead atoms. The molecule has 0 saturated carbocycles. The zero-order valence-electron chi connectivity index (χ0n) is 18.8. The van der Waals surface area contributed by atoms with E-state index in [9.17, 15) is 8.42 Å². The summed E-state index contributed by atoms with van der Waals surface area (Å²) in [7, 11) is -4.08. The van der Waals surface area contributed by atoms with Crippen LogP contribution in [-0.4, -0.2) is 15.0 Å². The number of hydrogen-bond acceptors (Lipinski definition) is 5. The molecule has 0 aliphatic carbocycles. The van der Waals surface area contributed by atoms with Crippen molar-refractivity contribution < 1.29 is 17.3 Å². The van der Waals surface area contributed by atoms with Crippen molar-refractivity contribution in [1.29, 1.82) is 0 Å². The number of halogens is 1. The lowest BCUT2D eigenvalue weighted by Gasteiger charge is -2.18. The van der Waals surface area contributed by atoms with E-state index < -0.39 is 10.1 Å². The molecule has 0 unspecified atom stereocenters. The van der Waals surface area contributed by atoms with E-state index in [1.807, 2.05) is 37.3 Å². The van der Waals surface area contributed by atoms with Crippen molar-refractivity contribution in [2.45, 2.75) is 38.1 Å². The Bertz CT molecular complexity index is 1210. The maximum Gasteiger partial charge on any atom is 0.339 e. The average molecular weight is 486 g/mol. The van der Waals surface area contributed by atoms with Gasteiger partial charge >= 0.3 is 10.1 Å². The summed E-state index contributed by atoms with van der Waals surface area (Å²) >= 11 is 5.89. The molecule has 0 saturated heterocycles. The Morgan fingerprint density at radius 3 is 2.42 bits per heavy atom. The fraction of sp³-hybridized carbons (Fsp3) is 0.231. The van der Waals surface area contributed by atoms with Gasteiger partial charge in [0.15, 0.2) is 11.5 Å². The Hall–Kier alpha value is -2.96. The number of benzene rings is 3. The molecule has 0 amide bonds. The molecule has 174 valence electrons. The third kappa shape index (κ3) is 6.30. The van der Waals surface area contributed by atoms with Gasteiger partial charge in [-0.3, -0.25) is 0 Å². The van der Waals surface area contributed by atoms with Gasteiger partial charge in [0.25, 0.3) is 0 Å². The lowest BCUT2D eigenvalue weighted by molar-refractivity contribution is 0.326. The van der Waals surface area contributed by atoms with E-state index in [1.165, 1.54) is 29.8 Å². The van der Waals surface area contributed by atoms with E-state index >= 15 is 0 Å². The summed E-state index contributed by atoms with van der Waals surface area (Å²) in [4.78, 5) is 0.0146. The highest BCUT2D eigenvalue weighted by atomic mass is 35.5. The minimum atomic E-state index is -4.08. The van der Waals surface area contributed by atoms with E-state index in [2.05, 4.69) is 24.9 Å². The highest BCUT2D eigenvalue weighted by Gasteiger charge is 2.22. The van der Waals surface area contributed by atoms with Crippen LogP contribution in [0.3, 0.4) is 0 Å². The molecule has 0 aliphatic rings. The van der Waals surface area contributed by atoms with Crippen LogP contribution in [0, 0.1) is 0 Å². The fourth-order valence-corrected chi connectivity index (χ4v) is 4.55. The van der Waals surface area contributed by atoms with Crippen molar-refractivity contribution in [3.8, 4) is 11.5 Å². The number of aryl methyl sites for hydroxylation is 1. The molecule has 7 heteroatoms. The Labute approximate surface area is 201 Å². The van der Waals surface area contributed by atoms with E-state index in [0.29, 0.717) is 35.9 Å². The highest BCUT2D eigenvalue weighted by Crippen LogP contribution is 2.36. The second-order valence-corrected chi connectivity index (χ2v) is 9.35. The smallest absolute Gasteiger partial charge is 0.339 e. The zero-order chi connectivity index (χ0) is 23.8. The first-order valence-electron chi connectivity index (χ1n) is 10.8. The predicted molar refractivity (Wildman–Crippen MR) is 134 cm³/mol. The average Bonchev–Trinajstić information content (AvgIpc) is 2.80. The minimum Gasteiger partial charge on any atom is -0.490 e. The van der Waals surface area contributed by atoms with Gasteiger partial charge in [-0.15, -0.1) is 6.58 Å². The lowest BCUT2D eigenvalue weighted by Crippen LogP contribution is -2.13. The van der Waals surface area contributed by atoms with Crippen LogP contribution < -0.4 is 14.2 Å². The van der Waals surface area contributed by atoms with Gasteiger partial charge < -0.3 is 14.2 Å². The molecule has 3 aromatic rings. The summed E-state index contributed by atoms with van der Waals surface area (Å²) in [6.07, 6.45) is 3.05. The molecule has 0 fully saturated rings. The molecule has 0 spiro atoms. The quantitative estimate of drug-likeness (QED) is 0.251. The molecule has 0 aromatic heterocycles. The highest BCUT2D eigenvalue weighted by molar-refractivity contribution is 7.87. The summed E-state index contributed by atoms with van der Waals surface area (Å²) < 4.78 is 37.2. The SMILES string of the molecule is C=CCc1cc(CNc2ccccc2CC)cc(OCC)c1OS(=O)(=O)c1ccc(Cl)cc1. The van der Waals surface area contributed by atoms with Crippen LogP contribution in [0.5, 0.6) is 11.5 Å². The van der Waals surface area contributed by atoms with E-state index in [0.717, 1.165) is 17.7 Å². The van der Waals surface area contributed by atoms with Crippen molar-refractivity contribution >= 4 is 27.4 Å². The standard InChI is InChI=1S/C26H28ClNO4S/c1-4-9-21-16-19(18-28-24-11-8-7-10-20(24)5-2)17-25(31-6-3)26(21)32-33(29,30)23-14-12-22(27)13-15-23/h4,7-8,10-17,28H,1,5-6,9,18H2,2-3H3. The normalized spacial score (nSPS) is 11.1. The topological polar surface area (TPSA) is 64.6 Å². The Morgan fingerprint density at radius 1 is 1.03 bits per heavy atom. The van der Waals surface area contributed by atoms with Gasteiger partial charge in [0.2, 0.25) is 0 Å². The van der Waals surface area contributed by atoms with Crippen molar-refractivity contribution in [3.63, 3.8) is 0 Å². The van der Waals surface area contributed by atoms with Crippen LogP contribution in [0.15, 0.2) is 78.2 Å². The summed E-state index contributed by atoms with van der Waals surface area (Å²) in [5.41, 5.74) is 3.91. The number of rotatable bonds is 11. The minimum absolute atomic E-state index is 0.0146. The van der Waals surface area contributed by atoms with Gasteiger partial charge in [0.05, 0.1) is 6.61 Å². The summed E-state index contributed by atoms with van der Waals surface area (Å²) in [5.74, 6) is 0.541. The monoisotopic (exact) mass is 485 g/mol. The molecule has 3 aromatic carbocycles. The number of ether oxygens (including phenoxy) is 1. The molecular formula is C26H28ClNO4S. The van der Waals surface area contributed by atoms with Crippen LogP contribution in [0.1, 0.15) is 30.5 Å². The summed E-state index contributed by atoms with van der Waals surface area (Å²) in [6, 6.07) is 17.7. The first kappa shape index (κ1) is 24.7. The van der Waals surface area contributed by atoms with E-state index in [4.69, 9.17) is 20.5 Å². The molecule has 0 heterocycles. The van der Waals surface area contributed by atoms with Crippen LogP contribution >= 0.6 is 11.6 Å². The third-order valence-electron chi connectivity index (χ3n) is 5.03. The van der Waals surface area contributed by atoms with Crippen LogP contribution in [0.2, 0.25) is 5.02 Å².